The Balaban J connectivity index is 1.75. The minimum absolute atomic E-state index is 0.0197. The number of carboxylic acid groups (broad SMARTS) is 1. The summed E-state index contributed by atoms with van der Waals surface area (Å²) in [6.45, 7) is 4.93. The fraction of sp³-hybridized carbons (Fsp3) is 0.385. The van der Waals surface area contributed by atoms with E-state index in [1.165, 1.54) is 40.9 Å². The zero-order valence-electron chi connectivity index (χ0n) is 21.5. The van der Waals surface area contributed by atoms with Crippen LogP contribution in [-0.2, 0) is 14.3 Å². The van der Waals surface area contributed by atoms with Crippen LogP contribution in [-0.4, -0.2) is 71.9 Å². The van der Waals surface area contributed by atoms with Crippen LogP contribution in [0.4, 0.5) is 16.2 Å². The largest absolute Gasteiger partial charge is 0.478 e. The molecule has 0 radical (unpaired) electrons. The highest BCUT2D eigenvalue weighted by atomic mass is 32.2. The van der Waals surface area contributed by atoms with Crippen molar-refractivity contribution < 1.29 is 29.0 Å². The van der Waals surface area contributed by atoms with Crippen LogP contribution in [0.25, 0.3) is 0 Å². The molecule has 3 rings (SSSR count). The van der Waals surface area contributed by atoms with E-state index in [0.717, 1.165) is 11.3 Å². The summed E-state index contributed by atoms with van der Waals surface area (Å²) in [7, 11) is 3.87. The molecule has 0 aromatic heterocycles. The van der Waals surface area contributed by atoms with Crippen molar-refractivity contribution in [2.75, 3.05) is 36.6 Å². The Labute approximate surface area is 220 Å². The van der Waals surface area contributed by atoms with Crippen LogP contribution >= 0.6 is 11.8 Å². The first kappa shape index (κ1) is 27.9. The highest BCUT2D eigenvalue weighted by Crippen LogP contribution is 2.42. The van der Waals surface area contributed by atoms with Crippen molar-refractivity contribution in [3.8, 4) is 0 Å². The van der Waals surface area contributed by atoms with Crippen LogP contribution in [0.15, 0.2) is 48.5 Å². The lowest BCUT2D eigenvalue weighted by molar-refractivity contribution is -0.163. The Morgan fingerprint density at radius 2 is 1.78 bits per heavy atom. The Kier molecular flexibility index (Phi) is 8.69. The molecule has 1 heterocycles. The molecule has 2 atom stereocenters. The van der Waals surface area contributed by atoms with Gasteiger partial charge in [0, 0.05) is 31.2 Å². The molecule has 0 spiro atoms. The smallest absolute Gasteiger partial charge is 0.335 e. The predicted molar refractivity (Wildman–Crippen MR) is 143 cm³/mol. The molecule has 0 bridgehead atoms. The monoisotopic (exact) mass is 528 g/mol. The molecule has 2 aromatic rings. The third-order valence-electron chi connectivity index (χ3n) is 5.43. The van der Waals surface area contributed by atoms with E-state index in [-0.39, 0.29) is 17.8 Å². The van der Waals surface area contributed by atoms with E-state index in [0.29, 0.717) is 5.75 Å². The number of aromatic carboxylic acids is 1. The molecule has 0 aliphatic carbocycles. The van der Waals surface area contributed by atoms with Gasteiger partial charge in [0.05, 0.1) is 12.1 Å². The fourth-order valence-corrected chi connectivity index (χ4v) is 5.14. The third-order valence-corrected chi connectivity index (χ3v) is 6.75. The number of urea groups is 1. The zero-order chi connectivity index (χ0) is 27.3. The van der Waals surface area contributed by atoms with Crippen molar-refractivity contribution in [3.63, 3.8) is 0 Å². The van der Waals surface area contributed by atoms with Gasteiger partial charge in [0.2, 0.25) is 5.91 Å². The lowest BCUT2D eigenvalue weighted by atomic mass is 10.1. The van der Waals surface area contributed by atoms with Gasteiger partial charge < -0.3 is 30.3 Å². The van der Waals surface area contributed by atoms with Crippen molar-refractivity contribution in [1.82, 2.24) is 10.2 Å². The summed E-state index contributed by atoms with van der Waals surface area (Å²) in [5.74, 6) is -1.72. The number of anilines is 2. The van der Waals surface area contributed by atoms with Crippen LogP contribution in [0.1, 0.15) is 42.1 Å². The van der Waals surface area contributed by atoms with E-state index in [4.69, 9.17) is 9.84 Å². The lowest BCUT2D eigenvalue weighted by Gasteiger charge is -2.31. The summed E-state index contributed by atoms with van der Waals surface area (Å²) >= 11 is 1.46. The number of carbonyl (C=O) groups excluding carboxylic acids is 3. The van der Waals surface area contributed by atoms with Gasteiger partial charge in [-0.25, -0.2) is 14.4 Å². The maximum Gasteiger partial charge on any atom is 0.335 e. The van der Waals surface area contributed by atoms with Crippen molar-refractivity contribution in [2.24, 2.45) is 0 Å². The zero-order valence-corrected chi connectivity index (χ0v) is 22.3. The van der Waals surface area contributed by atoms with Gasteiger partial charge in [-0.05, 0) is 56.7 Å². The standard InChI is InChI=1S/C26H32N4O6S/c1-26(2,3)36-24(34)20-15-37-22(16-9-11-19(12-10-16)29(4)5)30(20)21(31)14-27-25(35)28-18-8-6-7-17(13-18)23(32)33/h6-13,20,22H,14-15H2,1-5H3,(H,32,33)(H2,27,28,35). The number of rotatable bonds is 7. The van der Waals surface area contributed by atoms with Crippen LogP contribution in [0, 0.1) is 0 Å². The Morgan fingerprint density at radius 3 is 2.38 bits per heavy atom. The van der Waals surface area contributed by atoms with Gasteiger partial charge in [-0.1, -0.05) is 18.2 Å². The number of nitrogens with zero attached hydrogens (tertiary/aromatic N) is 2. The summed E-state index contributed by atoms with van der Waals surface area (Å²) < 4.78 is 5.57. The minimum atomic E-state index is -1.12. The Bertz CT molecular complexity index is 1160. The molecule has 0 saturated carbocycles. The van der Waals surface area contributed by atoms with Gasteiger partial charge in [0.1, 0.15) is 17.0 Å². The molecule has 10 nitrogen and oxygen atoms in total. The van der Waals surface area contributed by atoms with Crippen LogP contribution in [0.2, 0.25) is 0 Å². The van der Waals surface area contributed by atoms with Gasteiger partial charge in [0.25, 0.3) is 0 Å². The SMILES string of the molecule is CN(C)c1ccc(C2SCC(C(=O)OC(C)(C)C)N2C(=O)CNC(=O)Nc2cccc(C(=O)O)c2)cc1. The topological polar surface area (TPSA) is 128 Å². The van der Waals surface area contributed by atoms with E-state index >= 15 is 0 Å². The molecule has 1 fully saturated rings. The minimum Gasteiger partial charge on any atom is -0.478 e. The van der Waals surface area contributed by atoms with E-state index in [1.807, 2.05) is 43.3 Å². The first-order valence-corrected chi connectivity index (χ1v) is 12.7. The van der Waals surface area contributed by atoms with Crippen molar-refractivity contribution >= 4 is 47.0 Å². The molecule has 1 aliphatic rings. The molecule has 2 aromatic carbocycles. The molecule has 198 valence electrons. The maximum absolute atomic E-state index is 13.4. The number of ether oxygens (including phenoxy) is 1. The average molecular weight is 529 g/mol. The number of hydrogen-bond acceptors (Lipinski definition) is 7. The number of esters is 1. The van der Waals surface area contributed by atoms with Crippen molar-refractivity contribution in [1.29, 1.82) is 0 Å². The number of carbonyl (C=O) groups is 4. The third kappa shape index (κ3) is 7.39. The number of amides is 3. The summed E-state index contributed by atoms with van der Waals surface area (Å²) in [5.41, 5.74) is 1.42. The molecule has 3 N–H and O–H groups in total. The normalized spacial score (nSPS) is 17.2. The summed E-state index contributed by atoms with van der Waals surface area (Å²) in [4.78, 5) is 53.4. The molecule has 2 unspecified atom stereocenters. The second-order valence-electron chi connectivity index (χ2n) is 9.72. The number of benzene rings is 2. The highest BCUT2D eigenvalue weighted by molar-refractivity contribution is 7.99. The Morgan fingerprint density at radius 1 is 1.11 bits per heavy atom. The molecular formula is C26H32N4O6S. The molecule has 3 amide bonds. The predicted octanol–water partition coefficient (Wildman–Crippen LogP) is 3.56. The van der Waals surface area contributed by atoms with E-state index < -0.39 is 40.9 Å². The van der Waals surface area contributed by atoms with Gasteiger partial charge in [-0.3, -0.25) is 4.79 Å². The first-order valence-electron chi connectivity index (χ1n) is 11.7. The molecule has 37 heavy (non-hydrogen) atoms. The molecule has 1 aliphatic heterocycles. The van der Waals surface area contributed by atoms with Crippen LogP contribution < -0.4 is 15.5 Å². The highest BCUT2D eigenvalue weighted by Gasteiger charge is 2.44. The van der Waals surface area contributed by atoms with Crippen LogP contribution in [0.5, 0.6) is 0 Å². The van der Waals surface area contributed by atoms with Crippen molar-refractivity contribution in [3.05, 3.63) is 59.7 Å². The lowest BCUT2D eigenvalue weighted by Crippen LogP contribution is -2.49. The van der Waals surface area contributed by atoms with Gasteiger partial charge >= 0.3 is 18.0 Å². The summed E-state index contributed by atoms with van der Waals surface area (Å²) in [6, 6.07) is 12.0. The van der Waals surface area contributed by atoms with Crippen molar-refractivity contribution in [2.45, 2.75) is 37.8 Å². The maximum atomic E-state index is 13.4. The summed E-state index contributed by atoms with van der Waals surface area (Å²) in [6.07, 6.45) is 0. The van der Waals surface area contributed by atoms with Crippen LogP contribution in [0.3, 0.4) is 0 Å². The fourth-order valence-electron chi connectivity index (χ4n) is 3.71. The quantitative estimate of drug-likeness (QED) is 0.466. The van der Waals surface area contributed by atoms with E-state index in [9.17, 15) is 19.2 Å². The number of hydrogen-bond donors (Lipinski definition) is 3. The number of carboxylic acids is 1. The first-order chi connectivity index (χ1) is 17.4. The van der Waals surface area contributed by atoms with Gasteiger partial charge in [-0.15, -0.1) is 11.8 Å². The second kappa shape index (κ2) is 11.5. The number of thioether (sulfide) groups is 1. The molecule has 1 saturated heterocycles. The van der Waals surface area contributed by atoms with E-state index in [1.54, 1.807) is 20.8 Å². The van der Waals surface area contributed by atoms with Gasteiger partial charge in [-0.2, -0.15) is 0 Å². The molecule has 11 heteroatoms. The van der Waals surface area contributed by atoms with Gasteiger partial charge in [0.15, 0.2) is 0 Å². The average Bonchev–Trinajstić information content (AvgIpc) is 3.27. The second-order valence-corrected chi connectivity index (χ2v) is 10.8. The van der Waals surface area contributed by atoms with E-state index in [2.05, 4.69) is 10.6 Å². The summed E-state index contributed by atoms with van der Waals surface area (Å²) in [5, 5.41) is 13.7. The molecular weight excluding hydrogens is 496 g/mol. The number of nitrogens with one attached hydrogen (secondary N) is 2. The Hall–Kier alpha value is -3.73.